The zero-order valence-electron chi connectivity index (χ0n) is 11.4. The van der Waals surface area contributed by atoms with E-state index < -0.39 is 0 Å². The number of nitrogens with two attached hydrogens (primary N) is 1. The maximum atomic E-state index is 6.36. The Bertz CT molecular complexity index is 685. The van der Waals surface area contributed by atoms with Gasteiger partial charge in [0.2, 0.25) is 0 Å². The summed E-state index contributed by atoms with van der Waals surface area (Å²) in [7, 11) is 0. The second-order valence-electron chi connectivity index (χ2n) is 4.84. The predicted molar refractivity (Wildman–Crippen MR) is 83.6 cm³/mol. The Morgan fingerprint density at radius 1 is 1.25 bits per heavy atom. The first-order valence-corrected chi connectivity index (χ1v) is 7.50. The van der Waals surface area contributed by atoms with Gasteiger partial charge in [0.1, 0.15) is 5.82 Å². The number of hydrogen-bond acceptors (Lipinski definition) is 3. The molecule has 3 aromatic rings. The maximum absolute atomic E-state index is 6.36. The predicted octanol–water partition coefficient (Wildman–Crippen LogP) is 3.62. The zero-order chi connectivity index (χ0) is 13.9. The Morgan fingerprint density at radius 2 is 2.10 bits per heavy atom. The molecule has 0 radical (unpaired) electrons. The molecule has 1 aromatic carbocycles. The van der Waals surface area contributed by atoms with E-state index in [2.05, 4.69) is 40.1 Å². The van der Waals surface area contributed by atoms with Crippen LogP contribution in [0.1, 0.15) is 17.2 Å². The lowest BCUT2D eigenvalue weighted by molar-refractivity contribution is 0.579. The van der Waals surface area contributed by atoms with Crippen LogP contribution in [0.15, 0.2) is 54.2 Å². The summed E-state index contributed by atoms with van der Waals surface area (Å²) in [6, 6.07) is 12.4. The quantitative estimate of drug-likeness (QED) is 0.794. The van der Waals surface area contributed by atoms with Crippen molar-refractivity contribution in [1.82, 2.24) is 9.55 Å². The Balaban J connectivity index is 1.86. The monoisotopic (exact) mass is 283 g/mol. The number of rotatable bonds is 4. The molecule has 0 fully saturated rings. The lowest BCUT2D eigenvalue weighted by atomic mass is 10.0. The van der Waals surface area contributed by atoms with Gasteiger partial charge in [0.15, 0.2) is 0 Å². The van der Waals surface area contributed by atoms with Gasteiger partial charge in [-0.3, -0.25) is 0 Å². The second kappa shape index (κ2) is 5.61. The van der Waals surface area contributed by atoms with Crippen molar-refractivity contribution >= 4 is 11.3 Å². The Labute approximate surface area is 122 Å². The van der Waals surface area contributed by atoms with Crippen molar-refractivity contribution in [2.45, 2.75) is 19.5 Å². The summed E-state index contributed by atoms with van der Waals surface area (Å²) in [6.45, 7) is 2.83. The van der Waals surface area contributed by atoms with Crippen LogP contribution in [0.2, 0.25) is 0 Å². The maximum Gasteiger partial charge on any atom is 0.150 e. The molecule has 2 heterocycles. The molecule has 2 aromatic heterocycles. The fourth-order valence-corrected chi connectivity index (χ4v) is 3.14. The zero-order valence-corrected chi connectivity index (χ0v) is 12.2. The molecular formula is C16H17N3S. The van der Waals surface area contributed by atoms with Gasteiger partial charge in [-0.15, -0.1) is 11.3 Å². The van der Waals surface area contributed by atoms with Gasteiger partial charge >= 0.3 is 0 Å². The molecule has 0 spiro atoms. The molecule has 1 atom stereocenters. The molecule has 0 amide bonds. The normalized spacial score (nSPS) is 12.5. The summed E-state index contributed by atoms with van der Waals surface area (Å²) in [5.74, 6) is 0.990. The summed E-state index contributed by atoms with van der Waals surface area (Å²) < 4.78 is 2.13. The standard InChI is InChI=1S/C16H17N3S/c1-12-5-2-3-6-13(12)14(17)11-19-9-8-18-16(19)15-7-4-10-20-15/h2-10,14H,11,17H2,1H3. The van der Waals surface area contributed by atoms with Crippen LogP contribution in [0, 0.1) is 6.92 Å². The molecule has 3 nitrogen and oxygen atoms in total. The van der Waals surface area contributed by atoms with Crippen LogP contribution in [0.4, 0.5) is 0 Å². The number of benzene rings is 1. The highest BCUT2D eigenvalue weighted by Crippen LogP contribution is 2.25. The first kappa shape index (κ1) is 13.1. The SMILES string of the molecule is Cc1ccccc1C(N)Cn1ccnc1-c1cccs1. The minimum absolute atomic E-state index is 0.0240. The molecular weight excluding hydrogens is 266 g/mol. The average molecular weight is 283 g/mol. The molecule has 0 aliphatic rings. The van der Waals surface area contributed by atoms with Crippen molar-refractivity contribution in [3.63, 3.8) is 0 Å². The van der Waals surface area contributed by atoms with Crippen molar-refractivity contribution in [3.8, 4) is 10.7 Å². The highest BCUT2D eigenvalue weighted by atomic mass is 32.1. The highest BCUT2D eigenvalue weighted by molar-refractivity contribution is 7.13. The molecule has 102 valence electrons. The summed E-state index contributed by atoms with van der Waals surface area (Å²) in [5, 5.41) is 2.07. The molecule has 1 unspecified atom stereocenters. The third kappa shape index (κ3) is 2.53. The van der Waals surface area contributed by atoms with Gasteiger partial charge in [-0.2, -0.15) is 0 Å². The van der Waals surface area contributed by atoms with Crippen LogP contribution in [0.25, 0.3) is 10.7 Å². The van der Waals surface area contributed by atoms with Gasteiger partial charge in [-0.05, 0) is 29.5 Å². The van der Waals surface area contributed by atoms with E-state index in [-0.39, 0.29) is 6.04 Å². The van der Waals surface area contributed by atoms with E-state index in [9.17, 15) is 0 Å². The largest absolute Gasteiger partial charge is 0.328 e. The summed E-state index contributed by atoms with van der Waals surface area (Å²) in [5.41, 5.74) is 8.79. The molecule has 0 aliphatic heterocycles. The van der Waals surface area contributed by atoms with Crippen LogP contribution < -0.4 is 5.73 Å². The topological polar surface area (TPSA) is 43.8 Å². The van der Waals surface area contributed by atoms with E-state index >= 15 is 0 Å². The average Bonchev–Trinajstić information content (AvgIpc) is 3.09. The minimum atomic E-state index is -0.0240. The minimum Gasteiger partial charge on any atom is -0.328 e. The highest BCUT2D eigenvalue weighted by Gasteiger charge is 2.13. The van der Waals surface area contributed by atoms with E-state index in [0.29, 0.717) is 0 Å². The number of imidazole rings is 1. The number of thiophene rings is 1. The van der Waals surface area contributed by atoms with E-state index in [1.807, 2.05) is 30.6 Å². The number of hydrogen-bond donors (Lipinski definition) is 1. The summed E-state index contributed by atoms with van der Waals surface area (Å²) in [6.07, 6.45) is 3.83. The van der Waals surface area contributed by atoms with Crippen molar-refractivity contribution in [3.05, 3.63) is 65.3 Å². The number of aryl methyl sites for hydroxylation is 1. The van der Waals surface area contributed by atoms with Gasteiger partial charge in [0.25, 0.3) is 0 Å². The summed E-state index contributed by atoms with van der Waals surface area (Å²) in [4.78, 5) is 5.62. The van der Waals surface area contributed by atoms with Crippen LogP contribution in [-0.4, -0.2) is 9.55 Å². The number of nitrogens with zero attached hydrogens (tertiary/aromatic N) is 2. The Kier molecular flexibility index (Phi) is 3.67. The van der Waals surface area contributed by atoms with Crippen molar-refractivity contribution in [1.29, 1.82) is 0 Å². The fourth-order valence-electron chi connectivity index (χ4n) is 2.40. The molecule has 2 N–H and O–H groups in total. The molecule has 0 aliphatic carbocycles. The van der Waals surface area contributed by atoms with E-state index in [0.717, 1.165) is 12.4 Å². The van der Waals surface area contributed by atoms with Gasteiger partial charge in [0, 0.05) is 25.0 Å². The van der Waals surface area contributed by atoms with E-state index in [1.165, 1.54) is 16.0 Å². The lowest BCUT2D eigenvalue weighted by Crippen LogP contribution is -2.18. The number of aromatic nitrogens is 2. The summed E-state index contributed by atoms with van der Waals surface area (Å²) >= 11 is 1.70. The molecule has 3 rings (SSSR count). The first-order chi connectivity index (χ1) is 9.75. The van der Waals surface area contributed by atoms with E-state index in [4.69, 9.17) is 5.73 Å². The molecule has 0 bridgehead atoms. The lowest BCUT2D eigenvalue weighted by Gasteiger charge is -2.16. The third-order valence-corrected chi connectivity index (χ3v) is 4.30. The smallest absolute Gasteiger partial charge is 0.150 e. The Morgan fingerprint density at radius 3 is 2.85 bits per heavy atom. The second-order valence-corrected chi connectivity index (χ2v) is 5.79. The van der Waals surface area contributed by atoms with Gasteiger partial charge < -0.3 is 10.3 Å². The van der Waals surface area contributed by atoms with Crippen LogP contribution in [0.3, 0.4) is 0 Å². The molecule has 4 heteroatoms. The van der Waals surface area contributed by atoms with Crippen LogP contribution in [0.5, 0.6) is 0 Å². The van der Waals surface area contributed by atoms with E-state index in [1.54, 1.807) is 11.3 Å². The van der Waals surface area contributed by atoms with Crippen molar-refractivity contribution in [2.75, 3.05) is 0 Å². The van der Waals surface area contributed by atoms with Gasteiger partial charge in [0.05, 0.1) is 4.88 Å². The van der Waals surface area contributed by atoms with Crippen molar-refractivity contribution < 1.29 is 0 Å². The molecule has 0 saturated carbocycles. The van der Waals surface area contributed by atoms with Crippen LogP contribution >= 0.6 is 11.3 Å². The molecule has 0 saturated heterocycles. The van der Waals surface area contributed by atoms with Crippen molar-refractivity contribution in [2.24, 2.45) is 5.73 Å². The fraction of sp³-hybridized carbons (Fsp3) is 0.188. The van der Waals surface area contributed by atoms with Crippen LogP contribution in [-0.2, 0) is 6.54 Å². The first-order valence-electron chi connectivity index (χ1n) is 6.62. The Hall–Kier alpha value is -1.91. The van der Waals surface area contributed by atoms with Gasteiger partial charge in [-0.1, -0.05) is 30.3 Å². The van der Waals surface area contributed by atoms with Gasteiger partial charge in [-0.25, -0.2) is 4.98 Å². The third-order valence-electron chi connectivity index (χ3n) is 3.44. The molecule has 20 heavy (non-hydrogen) atoms.